The van der Waals surface area contributed by atoms with Crippen LogP contribution in [0.5, 0.6) is 0 Å². The molecule has 0 unspecified atom stereocenters. The van der Waals surface area contributed by atoms with Gasteiger partial charge in [-0.05, 0) is 46.5 Å². The molecule has 0 aromatic rings. The van der Waals surface area contributed by atoms with E-state index in [9.17, 15) is 9.59 Å². The lowest BCUT2D eigenvalue weighted by molar-refractivity contribution is -0.246. The first kappa shape index (κ1) is 17.7. The van der Waals surface area contributed by atoms with Crippen molar-refractivity contribution in [2.45, 2.75) is 69.8 Å². The highest BCUT2D eigenvalue weighted by Crippen LogP contribution is 2.54. The van der Waals surface area contributed by atoms with Gasteiger partial charge in [0, 0.05) is 11.8 Å². The van der Waals surface area contributed by atoms with Gasteiger partial charge in [0.1, 0.15) is 6.10 Å². The van der Waals surface area contributed by atoms with E-state index in [1.165, 1.54) is 0 Å². The van der Waals surface area contributed by atoms with Gasteiger partial charge in [-0.15, -0.1) is 11.6 Å². The van der Waals surface area contributed by atoms with Gasteiger partial charge in [0.15, 0.2) is 5.60 Å². The molecule has 0 spiro atoms. The smallest absolute Gasteiger partial charge is 0.339 e. The van der Waals surface area contributed by atoms with Crippen molar-refractivity contribution in [3.05, 3.63) is 12.2 Å². The molecule has 0 aromatic carbocycles. The maximum absolute atomic E-state index is 12.6. The maximum Gasteiger partial charge on any atom is 0.339 e. The molecule has 1 N–H and O–H groups in total. The van der Waals surface area contributed by atoms with E-state index in [4.69, 9.17) is 21.1 Å². The van der Waals surface area contributed by atoms with Crippen molar-refractivity contribution >= 4 is 23.5 Å². The van der Waals surface area contributed by atoms with Crippen LogP contribution in [-0.2, 0) is 19.1 Å². The van der Waals surface area contributed by atoms with Crippen LogP contribution in [0.4, 0.5) is 0 Å². The zero-order chi connectivity index (χ0) is 17.5. The Morgan fingerprint density at radius 1 is 1.46 bits per heavy atom. The summed E-state index contributed by atoms with van der Waals surface area (Å²) >= 11 is 5.88. The van der Waals surface area contributed by atoms with E-state index in [0.717, 1.165) is 19.3 Å². The van der Waals surface area contributed by atoms with Crippen molar-refractivity contribution in [1.29, 1.82) is 0 Å². The molecule has 0 bridgehead atoms. The second kappa shape index (κ2) is 6.34. The second-order valence-electron chi connectivity index (χ2n) is 7.45. The number of rotatable bonds is 6. The second-order valence-corrected chi connectivity index (χ2v) is 7.83. The first-order chi connectivity index (χ1) is 11.4. The van der Waals surface area contributed by atoms with E-state index in [1.807, 2.05) is 20.8 Å². The van der Waals surface area contributed by atoms with Crippen LogP contribution in [0, 0.1) is 11.8 Å². The van der Waals surface area contributed by atoms with Crippen LogP contribution in [0.3, 0.4) is 0 Å². The number of hydrogen-bond donors (Lipinski definition) is 1. The predicted molar refractivity (Wildman–Crippen MR) is 90.7 cm³/mol. The van der Waals surface area contributed by atoms with E-state index < -0.39 is 23.2 Å². The Morgan fingerprint density at radius 3 is 2.75 bits per heavy atom. The number of nitrogens with one attached hydrogen (secondary N) is 1. The first-order valence-corrected chi connectivity index (χ1v) is 9.34. The highest BCUT2D eigenvalue weighted by Gasteiger charge is 2.79. The third-order valence-electron chi connectivity index (χ3n) is 5.64. The van der Waals surface area contributed by atoms with E-state index >= 15 is 0 Å². The summed E-state index contributed by atoms with van der Waals surface area (Å²) in [5, 5.41) is 2.96. The van der Waals surface area contributed by atoms with Gasteiger partial charge in [0.25, 0.3) is 0 Å². The number of amides is 1. The van der Waals surface area contributed by atoms with Gasteiger partial charge < -0.3 is 14.8 Å². The minimum absolute atomic E-state index is 0.0543. The molecular weight excluding hydrogens is 330 g/mol. The van der Waals surface area contributed by atoms with Crippen LogP contribution >= 0.6 is 11.6 Å². The van der Waals surface area contributed by atoms with Crippen LogP contribution in [0.25, 0.3) is 0 Å². The number of carbonyl (C=O) groups is 2. The first-order valence-electron chi connectivity index (χ1n) is 8.80. The molecule has 2 heterocycles. The number of allylic oxidation sites excluding steroid dienone is 1. The van der Waals surface area contributed by atoms with Gasteiger partial charge in [-0.25, -0.2) is 4.79 Å². The molecule has 3 rings (SSSR count). The molecule has 6 heteroatoms. The third-order valence-corrected chi connectivity index (χ3v) is 5.85. The summed E-state index contributed by atoms with van der Waals surface area (Å²) in [6.07, 6.45) is 7.30. The summed E-state index contributed by atoms with van der Waals surface area (Å²) in [5.74, 6) is -0.552. The van der Waals surface area contributed by atoms with Crippen molar-refractivity contribution in [2.24, 2.45) is 11.8 Å². The average molecular weight is 356 g/mol. The Bertz CT molecular complexity index is 563. The molecule has 5 atom stereocenters. The summed E-state index contributed by atoms with van der Waals surface area (Å²) in [6, 6.07) is 0. The van der Waals surface area contributed by atoms with E-state index in [1.54, 1.807) is 0 Å². The van der Waals surface area contributed by atoms with Crippen LogP contribution in [0.15, 0.2) is 12.2 Å². The molecule has 5 nitrogen and oxygen atoms in total. The Labute approximate surface area is 148 Å². The van der Waals surface area contributed by atoms with Crippen molar-refractivity contribution in [3.63, 3.8) is 0 Å². The van der Waals surface area contributed by atoms with E-state index in [2.05, 4.69) is 17.5 Å². The number of ether oxygens (including phenoxy) is 2. The largest absolute Gasteiger partial charge is 0.453 e. The van der Waals surface area contributed by atoms with Gasteiger partial charge in [0.05, 0.1) is 12.0 Å². The predicted octanol–water partition coefficient (Wildman–Crippen LogP) is 2.57. The van der Waals surface area contributed by atoms with E-state index in [0.29, 0.717) is 12.3 Å². The summed E-state index contributed by atoms with van der Waals surface area (Å²) in [5.41, 5.74) is -2.02. The minimum Gasteiger partial charge on any atom is -0.453 e. The summed E-state index contributed by atoms with van der Waals surface area (Å²) in [6.45, 7) is 5.74. The molecule has 134 valence electrons. The fourth-order valence-corrected chi connectivity index (χ4v) is 4.67. The monoisotopic (exact) mass is 355 g/mol. The summed E-state index contributed by atoms with van der Waals surface area (Å²) in [4.78, 5) is 25.2. The van der Waals surface area contributed by atoms with Gasteiger partial charge >= 0.3 is 5.97 Å². The molecule has 0 saturated carbocycles. The fraction of sp³-hybridized carbons (Fsp3) is 0.778. The van der Waals surface area contributed by atoms with Crippen LogP contribution in [-0.4, -0.2) is 41.1 Å². The highest BCUT2D eigenvalue weighted by atomic mass is 35.5. The van der Waals surface area contributed by atoms with Gasteiger partial charge in [-0.2, -0.15) is 0 Å². The molecule has 2 fully saturated rings. The van der Waals surface area contributed by atoms with Gasteiger partial charge in [-0.3, -0.25) is 4.79 Å². The number of esters is 1. The zero-order valence-electron chi connectivity index (χ0n) is 14.5. The fourth-order valence-electron chi connectivity index (χ4n) is 4.46. The average Bonchev–Trinajstić information content (AvgIpc) is 2.71. The van der Waals surface area contributed by atoms with Crippen molar-refractivity contribution in [3.8, 4) is 0 Å². The molecule has 1 amide bonds. The zero-order valence-corrected chi connectivity index (χ0v) is 15.3. The number of carbonyl (C=O) groups excluding carboxylic acids is 2. The lowest BCUT2D eigenvalue weighted by Crippen LogP contribution is -2.80. The molecule has 2 aliphatic heterocycles. The van der Waals surface area contributed by atoms with E-state index in [-0.39, 0.29) is 23.9 Å². The summed E-state index contributed by atoms with van der Waals surface area (Å²) < 4.78 is 11.8. The molecular formula is C18H26ClNO4. The standard InChI is InChI=1S/C18H26ClNO4/c1-11(2)23-14(12-7-5-4-6-8-12)18-16(22)24-17(18,3)13(9-10-19)15(21)20-18/h5,7,11-14H,4,6,8-10H2,1-3H3,(H,20,21)/t12-,13+,14+,17+,18-/m1/s1. The number of hydrogen-bond acceptors (Lipinski definition) is 4. The Kier molecular flexibility index (Phi) is 4.69. The lowest BCUT2D eigenvalue weighted by atomic mass is 9.64. The molecule has 24 heavy (non-hydrogen) atoms. The summed E-state index contributed by atoms with van der Waals surface area (Å²) in [7, 11) is 0. The van der Waals surface area contributed by atoms with Crippen LogP contribution in [0.1, 0.15) is 46.5 Å². The quantitative estimate of drug-likeness (QED) is 0.452. The number of halogens is 1. The third kappa shape index (κ3) is 2.39. The van der Waals surface area contributed by atoms with Crippen molar-refractivity contribution in [2.75, 3.05) is 5.88 Å². The molecule has 2 saturated heterocycles. The van der Waals surface area contributed by atoms with Crippen LogP contribution < -0.4 is 5.32 Å². The SMILES string of the molecule is CC(C)O[C@@H]([C@@H]1C=CCCC1)[C@]12NC(=O)[C@H](CCCl)[C@]1(C)OC2=O. The Balaban J connectivity index is 2.01. The molecule has 0 radical (unpaired) electrons. The maximum atomic E-state index is 12.6. The highest BCUT2D eigenvalue weighted by molar-refractivity contribution is 6.18. The number of fused-ring (bicyclic) bond motifs is 1. The molecule has 3 aliphatic rings. The van der Waals surface area contributed by atoms with Gasteiger partial charge in [0.2, 0.25) is 11.4 Å². The Hall–Kier alpha value is -1.07. The lowest BCUT2D eigenvalue weighted by Gasteiger charge is -2.56. The van der Waals surface area contributed by atoms with Crippen LogP contribution in [0.2, 0.25) is 0 Å². The number of alkyl halides is 1. The Morgan fingerprint density at radius 2 is 2.21 bits per heavy atom. The van der Waals surface area contributed by atoms with Gasteiger partial charge in [-0.1, -0.05) is 12.2 Å². The normalized spacial score (nSPS) is 39.2. The topological polar surface area (TPSA) is 64.6 Å². The van der Waals surface area contributed by atoms with Crippen molar-refractivity contribution in [1.82, 2.24) is 5.32 Å². The minimum atomic E-state index is -1.11. The molecule has 0 aromatic heterocycles. The molecule has 1 aliphatic carbocycles. The van der Waals surface area contributed by atoms with Crippen molar-refractivity contribution < 1.29 is 19.1 Å².